The van der Waals surface area contributed by atoms with Crippen molar-refractivity contribution in [3.05, 3.63) is 22.5 Å². The van der Waals surface area contributed by atoms with Gasteiger partial charge in [-0.3, -0.25) is 0 Å². The number of carboxylic acid groups (broad SMARTS) is 1. The van der Waals surface area contributed by atoms with Gasteiger partial charge >= 0.3 is 5.97 Å². The number of carbonyl (C=O) groups is 1. The minimum Gasteiger partial charge on any atom is -0.478 e. The molecule has 0 fully saturated rings. The van der Waals surface area contributed by atoms with Gasteiger partial charge in [0.05, 0.1) is 5.56 Å². The Kier molecular flexibility index (Phi) is 2.99. The largest absolute Gasteiger partial charge is 0.478 e. The maximum Gasteiger partial charge on any atom is 0.337 e. The Labute approximate surface area is 84.4 Å². The molecule has 0 spiro atoms. The van der Waals surface area contributed by atoms with Gasteiger partial charge < -0.3 is 9.67 Å². The lowest BCUT2D eigenvalue weighted by Gasteiger charge is -2.02. The van der Waals surface area contributed by atoms with Gasteiger partial charge in [-0.2, -0.15) is 0 Å². The van der Waals surface area contributed by atoms with E-state index in [1.54, 1.807) is 0 Å². The van der Waals surface area contributed by atoms with Gasteiger partial charge in [-0.1, -0.05) is 13.8 Å². The molecular formula is C11H17NO2. The minimum atomic E-state index is -0.803. The van der Waals surface area contributed by atoms with Crippen LogP contribution in [0.3, 0.4) is 0 Å². The summed E-state index contributed by atoms with van der Waals surface area (Å²) in [4.78, 5) is 11.1. The van der Waals surface area contributed by atoms with Crippen molar-refractivity contribution in [3.63, 3.8) is 0 Å². The fraction of sp³-hybridized carbons (Fsp3) is 0.545. The maximum atomic E-state index is 11.1. The summed E-state index contributed by atoms with van der Waals surface area (Å²) in [5.41, 5.74) is 3.47. The Balaban J connectivity index is 3.49. The number of nitrogens with zero attached hydrogens (tertiary/aromatic N) is 1. The minimum absolute atomic E-state index is 0.509. The number of aromatic carboxylic acids is 1. The summed E-state index contributed by atoms with van der Waals surface area (Å²) < 4.78 is 1.99. The van der Waals surface area contributed by atoms with Gasteiger partial charge in [0.1, 0.15) is 0 Å². The van der Waals surface area contributed by atoms with Gasteiger partial charge in [-0.25, -0.2) is 4.79 Å². The Morgan fingerprint density at radius 3 is 2.29 bits per heavy atom. The molecule has 14 heavy (non-hydrogen) atoms. The van der Waals surface area contributed by atoms with E-state index >= 15 is 0 Å². The van der Waals surface area contributed by atoms with Crippen molar-refractivity contribution >= 4 is 5.97 Å². The van der Waals surface area contributed by atoms with Crippen LogP contribution in [0.5, 0.6) is 0 Å². The summed E-state index contributed by atoms with van der Waals surface area (Å²) in [6, 6.07) is 0. The third-order valence-corrected chi connectivity index (χ3v) is 2.84. The van der Waals surface area contributed by atoms with Gasteiger partial charge in [0.15, 0.2) is 0 Å². The van der Waals surface area contributed by atoms with Crippen molar-refractivity contribution in [1.82, 2.24) is 4.57 Å². The molecule has 0 aliphatic heterocycles. The molecule has 1 aromatic heterocycles. The van der Waals surface area contributed by atoms with Gasteiger partial charge in [0, 0.05) is 18.4 Å². The first-order valence-corrected chi connectivity index (χ1v) is 4.94. The Morgan fingerprint density at radius 1 is 1.36 bits per heavy atom. The monoisotopic (exact) mass is 195 g/mol. The molecule has 0 bridgehead atoms. The molecule has 0 unspecified atom stereocenters. The molecule has 0 saturated carbocycles. The number of carboxylic acids is 1. The topological polar surface area (TPSA) is 42.2 Å². The lowest BCUT2D eigenvalue weighted by Crippen LogP contribution is -2.04. The highest BCUT2D eigenvalue weighted by Gasteiger charge is 2.20. The average Bonchev–Trinajstić information content (AvgIpc) is 2.39. The zero-order valence-corrected chi connectivity index (χ0v) is 9.22. The van der Waals surface area contributed by atoms with Crippen LogP contribution >= 0.6 is 0 Å². The summed E-state index contributed by atoms with van der Waals surface area (Å²) in [5, 5.41) is 9.13. The van der Waals surface area contributed by atoms with Crippen LogP contribution in [0.25, 0.3) is 0 Å². The SMILES string of the molecule is CCc1c(C(=O)O)c(CC)n(C)c1C. The van der Waals surface area contributed by atoms with E-state index in [4.69, 9.17) is 5.11 Å². The second-order valence-corrected chi connectivity index (χ2v) is 3.46. The van der Waals surface area contributed by atoms with Crippen LogP contribution in [-0.4, -0.2) is 15.6 Å². The van der Waals surface area contributed by atoms with Crippen LogP contribution in [0.4, 0.5) is 0 Å². The molecule has 0 amide bonds. The molecule has 1 N–H and O–H groups in total. The molecule has 1 aromatic rings. The van der Waals surface area contributed by atoms with Crippen LogP contribution in [-0.2, 0) is 19.9 Å². The Bertz CT molecular complexity index is 336. The van der Waals surface area contributed by atoms with Crippen molar-refractivity contribution < 1.29 is 9.90 Å². The van der Waals surface area contributed by atoms with Crippen molar-refractivity contribution in [3.8, 4) is 0 Å². The lowest BCUT2D eigenvalue weighted by molar-refractivity contribution is 0.0694. The van der Waals surface area contributed by atoms with Crippen LogP contribution < -0.4 is 0 Å². The van der Waals surface area contributed by atoms with Crippen molar-refractivity contribution in [1.29, 1.82) is 0 Å². The van der Waals surface area contributed by atoms with Crippen molar-refractivity contribution in [2.75, 3.05) is 0 Å². The molecule has 78 valence electrons. The second-order valence-electron chi connectivity index (χ2n) is 3.46. The smallest absolute Gasteiger partial charge is 0.337 e. The predicted molar refractivity (Wildman–Crippen MR) is 55.9 cm³/mol. The molecule has 1 heterocycles. The van der Waals surface area contributed by atoms with E-state index in [-0.39, 0.29) is 0 Å². The van der Waals surface area contributed by atoms with Crippen LogP contribution in [0.15, 0.2) is 0 Å². The summed E-state index contributed by atoms with van der Waals surface area (Å²) >= 11 is 0. The number of aromatic nitrogens is 1. The first-order valence-electron chi connectivity index (χ1n) is 4.94. The summed E-state index contributed by atoms with van der Waals surface area (Å²) in [6.45, 7) is 5.96. The Hall–Kier alpha value is -1.25. The van der Waals surface area contributed by atoms with E-state index in [0.29, 0.717) is 5.56 Å². The summed E-state index contributed by atoms with van der Waals surface area (Å²) in [7, 11) is 1.93. The van der Waals surface area contributed by atoms with Crippen molar-refractivity contribution in [2.45, 2.75) is 33.6 Å². The average molecular weight is 195 g/mol. The van der Waals surface area contributed by atoms with E-state index in [1.165, 1.54) is 0 Å². The molecule has 0 radical (unpaired) electrons. The Morgan fingerprint density at radius 2 is 1.93 bits per heavy atom. The quantitative estimate of drug-likeness (QED) is 0.803. The highest BCUT2D eigenvalue weighted by Crippen LogP contribution is 2.22. The molecule has 1 rings (SSSR count). The van der Waals surface area contributed by atoms with E-state index in [2.05, 4.69) is 0 Å². The van der Waals surface area contributed by atoms with Gasteiger partial charge in [-0.05, 0) is 25.3 Å². The molecule has 0 aliphatic carbocycles. The molecule has 0 saturated heterocycles. The molecule has 3 nitrogen and oxygen atoms in total. The number of hydrogen-bond acceptors (Lipinski definition) is 1. The molecule has 0 atom stereocenters. The predicted octanol–water partition coefficient (Wildman–Crippen LogP) is 2.16. The fourth-order valence-corrected chi connectivity index (χ4v) is 2.03. The van der Waals surface area contributed by atoms with E-state index in [0.717, 1.165) is 29.8 Å². The highest BCUT2D eigenvalue weighted by atomic mass is 16.4. The van der Waals surface area contributed by atoms with E-state index in [1.807, 2.05) is 32.4 Å². The molecule has 0 aromatic carbocycles. The molecule has 3 heteroatoms. The normalized spacial score (nSPS) is 10.6. The third kappa shape index (κ3) is 1.43. The first-order chi connectivity index (χ1) is 6.54. The number of rotatable bonds is 3. The second kappa shape index (κ2) is 3.86. The van der Waals surface area contributed by atoms with Crippen LogP contribution in [0.1, 0.15) is 41.2 Å². The maximum absolute atomic E-state index is 11.1. The number of hydrogen-bond donors (Lipinski definition) is 1. The molecular weight excluding hydrogens is 178 g/mol. The summed E-state index contributed by atoms with van der Waals surface area (Å²) in [6.07, 6.45) is 1.54. The van der Waals surface area contributed by atoms with Crippen LogP contribution in [0.2, 0.25) is 0 Å². The van der Waals surface area contributed by atoms with Crippen LogP contribution in [0, 0.1) is 6.92 Å². The van der Waals surface area contributed by atoms with E-state index < -0.39 is 5.97 Å². The van der Waals surface area contributed by atoms with Gasteiger partial charge in [-0.15, -0.1) is 0 Å². The lowest BCUT2D eigenvalue weighted by atomic mass is 10.1. The molecule has 0 aliphatic rings. The highest BCUT2D eigenvalue weighted by molar-refractivity contribution is 5.91. The fourth-order valence-electron chi connectivity index (χ4n) is 2.03. The van der Waals surface area contributed by atoms with E-state index in [9.17, 15) is 4.79 Å². The zero-order chi connectivity index (χ0) is 10.9. The first kappa shape index (κ1) is 10.8. The zero-order valence-electron chi connectivity index (χ0n) is 9.22. The van der Waals surface area contributed by atoms with Crippen molar-refractivity contribution in [2.24, 2.45) is 7.05 Å². The standard InChI is InChI=1S/C11H17NO2/c1-5-8-7(3)12(4)9(6-2)10(8)11(13)14/h5-6H2,1-4H3,(H,13,14). The summed E-state index contributed by atoms with van der Waals surface area (Å²) in [5.74, 6) is -0.803. The van der Waals surface area contributed by atoms with Gasteiger partial charge in [0.25, 0.3) is 0 Å². The van der Waals surface area contributed by atoms with Gasteiger partial charge in [0.2, 0.25) is 0 Å². The third-order valence-electron chi connectivity index (χ3n) is 2.84.